The molecule has 0 bridgehead atoms. The van der Waals surface area contributed by atoms with Crippen molar-refractivity contribution in [1.29, 1.82) is 0 Å². The molecule has 3 rings (SSSR count). The van der Waals surface area contributed by atoms with E-state index in [9.17, 15) is 9.90 Å². The van der Waals surface area contributed by atoms with E-state index in [4.69, 9.17) is 0 Å². The van der Waals surface area contributed by atoms with E-state index in [1.807, 2.05) is 24.0 Å². The summed E-state index contributed by atoms with van der Waals surface area (Å²) >= 11 is 0. The first-order chi connectivity index (χ1) is 12.0. The number of pyridine rings is 1. The molecule has 1 aromatic carbocycles. The predicted octanol–water partition coefficient (Wildman–Crippen LogP) is 3.09. The van der Waals surface area contributed by atoms with Crippen LogP contribution >= 0.6 is 0 Å². The van der Waals surface area contributed by atoms with E-state index >= 15 is 0 Å². The Morgan fingerprint density at radius 3 is 2.52 bits per heavy atom. The van der Waals surface area contributed by atoms with E-state index in [2.05, 4.69) is 36.2 Å². The standard InChI is InChI=1S/C21H26N2O2/c1-16-5-7-18(8-6-16)14-21(25)9-12-23(13-10-21)20(24)17(2)19-4-3-11-22-15-19/h3-8,11,15,17,25H,9-10,12-14H2,1-2H3. The summed E-state index contributed by atoms with van der Waals surface area (Å²) in [6, 6.07) is 12.1. The summed E-state index contributed by atoms with van der Waals surface area (Å²) in [5.41, 5.74) is 2.59. The zero-order valence-corrected chi connectivity index (χ0v) is 15.0. The molecule has 0 aliphatic carbocycles. The number of hydrogen-bond donors (Lipinski definition) is 1. The van der Waals surface area contributed by atoms with Gasteiger partial charge in [-0.15, -0.1) is 0 Å². The number of benzene rings is 1. The van der Waals surface area contributed by atoms with Gasteiger partial charge in [-0.05, 0) is 43.9 Å². The van der Waals surface area contributed by atoms with Gasteiger partial charge >= 0.3 is 0 Å². The molecule has 4 heteroatoms. The Labute approximate surface area is 149 Å². The Morgan fingerprint density at radius 1 is 1.24 bits per heavy atom. The molecular weight excluding hydrogens is 312 g/mol. The molecule has 0 radical (unpaired) electrons. The van der Waals surface area contributed by atoms with E-state index in [1.165, 1.54) is 5.56 Å². The van der Waals surface area contributed by atoms with Crippen molar-refractivity contribution in [1.82, 2.24) is 9.88 Å². The number of aromatic nitrogens is 1. The lowest BCUT2D eigenvalue weighted by atomic mass is 9.84. The largest absolute Gasteiger partial charge is 0.389 e. The lowest BCUT2D eigenvalue weighted by Gasteiger charge is -2.39. The van der Waals surface area contributed by atoms with E-state index in [0.717, 1.165) is 11.1 Å². The quantitative estimate of drug-likeness (QED) is 0.932. The number of nitrogens with zero attached hydrogens (tertiary/aromatic N) is 2. The van der Waals surface area contributed by atoms with Crippen molar-refractivity contribution in [3.05, 3.63) is 65.5 Å². The fourth-order valence-corrected chi connectivity index (χ4v) is 3.45. The maximum absolute atomic E-state index is 12.7. The predicted molar refractivity (Wildman–Crippen MR) is 98.3 cm³/mol. The zero-order chi connectivity index (χ0) is 17.9. The summed E-state index contributed by atoms with van der Waals surface area (Å²) in [4.78, 5) is 18.7. The number of carbonyl (C=O) groups is 1. The van der Waals surface area contributed by atoms with Crippen LogP contribution in [-0.2, 0) is 11.2 Å². The average Bonchev–Trinajstić information content (AvgIpc) is 2.64. The minimum atomic E-state index is -0.719. The Morgan fingerprint density at radius 2 is 1.92 bits per heavy atom. The smallest absolute Gasteiger partial charge is 0.229 e. The Bertz CT molecular complexity index is 704. The van der Waals surface area contributed by atoms with Crippen LogP contribution in [-0.4, -0.2) is 39.6 Å². The van der Waals surface area contributed by atoms with Gasteiger partial charge in [-0.1, -0.05) is 35.9 Å². The van der Waals surface area contributed by atoms with E-state index < -0.39 is 5.60 Å². The third kappa shape index (κ3) is 4.26. The lowest BCUT2D eigenvalue weighted by Crippen LogP contribution is -2.48. The van der Waals surface area contributed by atoms with Crippen molar-refractivity contribution in [3.8, 4) is 0 Å². The average molecular weight is 338 g/mol. The lowest BCUT2D eigenvalue weighted by molar-refractivity contribution is -0.136. The normalized spacial score (nSPS) is 18.0. The molecular formula is C21H26N2O2. The van der Waals surface area contributed by atoms with Crippen molar-refractivity contribution in [3.63, 3.8) is 0 Å². The van der Waals surface area contributed by atoms with Crippen molar-refractivity contribution in [2.45, 2.75) is 44.6 Å². The molecule has 1 atom stereocenters. The molecule has 1 fully saturated rings. The first-order valence-corrected chi connectivity index (χ1v) is 8.93. The van der Waals surface area contributed by atoms with Crippen LogP contribution in [0.1, 0.15) is 42.4 Å². The second-order valence-electron chi connectivity index (χ2n) is 7.22. The van der Waals surface area contributed by atoms with Gasteiger partial charge in [0.25, 0.3) is 0 Å². The Balaban J connectivity index is 1.59. The third-order valence-electron chi connectivity index (χ3n) is 5.21. The molecule has 1 aromatic heterocycles. The first-order valence-electron chi connectivity index (χ1n) is 8.93. The number of aryl methyl sites for hydroxylation is 1. The third-order valence-corrected chi connectivity index (χ3v) is 5.21. The molecule has 1 unspecified atom stereocenters. The van der Waals surface area contributed by atoms with Crippen LogP contribution in [0.25, 0.3) is 0 Å². The molecule has 25 heavy (non-hydrogen) atoms. The molecule has 1 saturated heterocycles. The highest BCUT2D eigenvalue weighted by atomic mass is 16.3. The minimum Gasteiger partial charge on any atom is -0.389 e. The van der Waals surface area contributed by atoms with Crippen LogP contribution in [0.15, 0.2) is 48.8 Å². The summed E-state index contributed by atoms with van der Waals surface area (Å²) in [5, 5.41) is 10.9. The van der Waals surface area contributed by atoms with Crippen LogP contribution in [0, 0.1) is 6.92 Å². The highest BCUT2D eigenvalue weighted by Gasteiger charge is 2.35. The zero-order valence-electron chi connectivity index (χ0n) is 15.0. The molecule has 2 heterocycles. The molecule has 0 spiro atoms. The Hall–Kier alpha value is -2.20. The molecule has 1 aliphatic rings. The molecule has 0 saturated carbocycles. The van der Waals surface area contributed by atoms with Crippen molar-refractivity contribution >= 4 is 5.91 Å². The SMILES string of the molecule is Cc1ccc(CC2(O)CCN(C(=O)C(C)c3cccnc3)CC2)cc1. The van der Waals surface area contributed by atoms with Gasteiger partial charge in [-0.3, -0.25) is 9.78 Å². The first kappa shape index (κ1) is 17.6. The fourth-order valence-electron chi connectivity index (χ4n) is 3.45. The topological polar surface area (TPSA) is 53.4 Å². The maximum atomic E-state index is 12.7. The van der Waals surface area contributed by atoms with Gasteiger partial charge in [0.15, 0.2) is 0 Å². The van der Waals surface area contributed by atoms with Gasteiger partial charge in [0.05, 0.1) is 11.5 Å². The van der Waals surface area contributed by atoms with Gasteiger partial charge in [0.1, 0.15) is 0 Å². The van der Waals surface area contributed by atoms with E-state index in [-0.39, 0.29) is 11.8 Å². The minimum absolute atomic E-state index is 0.116. The molecule has 1 N–H and O–H groups in total. The van der Waals surface area contributed by atoms with Crippen LogP contribution < -0.4 is 0 Å². The van der Waals surface area contributed by atoms with Crippen molar-refractivity contribution in [2.75, 3.05) is 13.1 Å². The number of rotatable bonds is 4. The second kappa shape index (κ2) is 7.36. The molecule has 132 valence electrons. The maximum Gasteiger partial charge on any atom is 0.229 e. The van der Waals surface area contributed by atoms with Gasteiger partial charge in [0, 0.05) is 31.9 Å². The summed E-state index contributed by atoms with van der Waals surface area (Å²) in [6.07, 6.45) is 5.35. The number of carbonyl (C=O) groups excluding carboxylic acids is 1. The monoisotopic (exact) mass is 338 g/mol. The van der Waals surface area contributed by atoms with Gasteiger partial charge in [0.2, 0.25) is 5.91 Å². The number of amides is 1. The number of likely N-dealkylation sites (tertiary alicyclic amines) is 1. The number of aliphatic hydroxyl groups is 1. The van der Waals surface area contributed by atoms with Crippen LogP contribution in [0.5, 0.6) is 0 Å². The highest BCUT2D eigenvalue weighted by molar-refractivity contribution is 5.83. The number of piperidine rings is 1. The second-order valence-corrected chi connectivity index (χ2v) is 7.22. The summed E-state index contributed by atoms with van der Waals surface area (Å²) in [5.74, 6) is -0.0811. The van der Waals surface area contributed by atoms with Crippen LogP contribution in [0.2, 0.25) is 0 Å². The molecule has 2 aromatic rings. The molecule has 1 amide bonds. The summed E-state index contributed by atoms with van der Waals surface area (Å²) in [6.45, 7) is 5.19. The van der Waals surface area contributed by atoms with Gasteiger partial charge < -0.3 is 10.0 Å². The summed E-state index contributed by atoms with van der Waals surface area (Å²) in [7, 11) is 0. The van der Waals surface area contributed by atoms with E-state index in [1.54, 1.807) is 12.4 Å². The van der Waals surface area contributed by atoms with Gasteiger partial charge in [-0.2, -0.15) is 0 Å². The van der Waals surface area contributed by atoms with Crippen molar-refractivity contribution in [2.24, 2.45) is 0 Å². The van der Waals surface area contributed by atoms with Gasteiger partial charge in [-0.25, -0.2) is 0 Å². The number of hydrogen-bond acceptors (Lipinski definition) is 3. The highest BCUT2D eigenvalue weighted by Crippen LogP contribution is 2.28. The molecule has 1 aliphatic heterocycles. The Kier molecular flexibility index (Phi) is 5.19. The van der Waals surface area contributed by atoms with Crippen LogP contribution in [0.3, 0.4) is 0 Å². The molecule has 4 nitrogen and oxygen atoms in total. The van der Waals surface area contributed by atoms with Crippen molar-refractivity contribution < 1.29 is 9.90 Å². The van der Waals surface area contributed by atoms with Crippen LogP contribution in [0.4, 0.5) is 0 Å². The fraction of sp³-hybridized carbons (Fsp3) is 0.429. The summed E-state index contributed by atoms with van der Waals surface area (Å²) < 4.78 is 0. The van der Waals surface area contributed by atoms with E-state index in [0.29, 0.717) is 32.4 Å².